The summed E-state index contributed by atoms with van der Waals surface area (Å²) in [4.78, 5) is 41.8. The average Bonchev–Trinajstić information content (AvgIpc) is 3.81. The summed E-state index contributed by atoms with van der Waals surface area (Å²) in [5.74, 6) is -6.29. The molecule has 1 aliphatic carbocycles. The molecule has 3 heterocycles. The van der Waals surface area contributed by atoms with E-state index >= 15 is 0 Å². The van der Waals surface area contributed by atoms with Crippen LogP contribution in [-0.2, 0) is 25.0 Å². The third-order valence-corrected chi connectivity index (χ3v) is 9.12. The van der Waals surface area contributed by atoms with Gasteiger partial charge in [0, 0.05) is 38.9 Å². The Morgan fingerprint density at radius 1 is 1.09 bits per heavy atom. The molecule has 0 saturated carbocycles. The Kier molecular flexibility index (Phi) is 7.70. The molecule has 3 amide bonds. The molecule has 6 N–H and O–H groups in total. The summed E-state index contributed by atoms with van der Waals surface area (Å²) in [5.41, 5.74) is 6.36. The number of carbonyl (C=O) groups is 3. The highest BCUT2D eigenvalue weighted by Crippen LogP contribution is 2.51. The van der Waals surface area contributed by atoms with E-state index in [4.69, 9.17) is 20.6 Å². The standard InChI is InChI=1S/C30H29F2N5O6S/c31-30(32)20-4-2-1-3-18(20)19-9-16(5-6-21(19)30)27(40)35-12-25(39)37-15-29(42-7-8-43-29)11-23(37)28(41)36-22(13-38)24-10-17(14-44-24)26(33)34/h1-6,9-10,14,22-23,38H,7-8,11-13,15H2,(H3,33,34)(H,35,40)(H,36,41)/t22?,23-/m0/s1. The van der Waals surface area contributed by atoms with Gasteiger partial charge in [0.25, 0.3) is 11.8 Å². The molecule has 2 aliphatic heterocycles. The predicted molar refractivity (Wildman–Crippen MR) is 155 cm³/mol. The number of hydrogen-bond donors (Lipinski definition) is 5. The minimum absolute atomic E-state index is 0.0399. The lowest BCUT2D eigenvalue weighted by Crippen LogP contribution is -2.50. The molecule has 3 aromatic rings. The van der Waals surface area contributed by atoms with Gasteiger partial charge in [0.15, 0.2) is 5.79 Å². The first kappa shape index (κ1) is 29.8. The number of alkyl halides is 2. The van der Waals surface area contributed by atoms with Crippen molar-refractivity contribution in [1.82, 2.24) is 15.5 Å². The Labute approximate surface area is 254 Å². The van der Waals surface area contributed by atoms with Crippen molar-refractivity contribution in [3.63, 3.8) is 0 Å². The van der Waals surface area contributed by atoms with E-state index < -0.39 is 54.7 Å². The van der Waals surface area contributed by atoms with Crippen LogP contribution >= 0.6 is 11.3 Å². The van der Waals surface area contributed by atoms with E-state index in [9.17, 15) is 28.3 Å². The van der Waals surface area contributed by atoms with Crippen LogP contribution in [0.5, 0.6) is 0 Å². The number of ether oxygens (including phenoxy) is 2. The fourth-order valence-corrected chi connectivity index (χ4v) is 6.82. The van der Waals surface area contributed by atoms with E-state index in [-0.39, 0.29) is 54.3 Å². The molecule has 44 heavy (non-hydrogen) atoms. The number of rotatable bonds is 8. The smallest absolute Gasteiger partial charge is 0.299 e. The number of amidine groups is 1. The number of nitrogens with one attached hydrogen (secondary N) is 3. The van der Waals surface area contributed by atoms with Gasteiger partial charge in [-0.1, -0.05) is 30.3 Å². The van der Waals surface area contributed by atoms with Crippen LogP contribution in [0.3, 0.4) is 0 Å². The molecular formula is C30H29F2N5O6S. The Hall–Kier alpha value is -4.24. The second-order valence-electron chi connectivity index (χ2n) is 10.8. The zero-order valence-electron chi connectivity index (χ0n) is 23.3. The molecule has 2 saturated heterocycles. The van der Waals surface area contributed by atoms with Crippen LogP contribution in [0.4, 0.5) is 8.78 Å². The van der Waals surface area contributed by atoms with Gasteiger partial charge in [-0.15, -0.1) is 11.3 Å². The summed E-state index contributed by atoms with van der Waals surface area (Å²) >= 11 is 1.22. The molecule has 1 spiro atoms. The van der Waals surface area contributed by atoms with Crippen LogP contribution in [0.2, 0.25) is 0 Å². The number of aliphatic hydroxyl groups excluding tert-OH is 1. The highest BCUT2D eigenvalue weighted by Gasteiger charge is 2.52. The molecule has 2 aromatic carbocycles. The Morgan fingerprint density at radius 3 is 2.52 bits per heavy atom. The summed E-state index contributed by atoms with van der Waals surface area (Å²) in [7, 11) is 0. The largest absolute Gasteiger partial charge is 0.394 e. The summed E-state index contributed by atoms with van der Waals surface area (Å²) < 4.78 is 41.4. The molecule has 0 bridgehead atoms. The minimum atomic E-state index is -3.18. The van der Waals surface area contributed by atoms with Gasteiger partial charge >= 0.3 is 0 Å². The number of halogens is 2. The van der Waals surface area contributed by atoms with Crippen LogP contribution in [0.25, 0.3) is 11.1 Å². The quantitative estimate of drug-likeness (QED) is 0.189. The van der Waals surface area contributed by atoms with E-state index in [1.165, 1.54) is 46.6 Å². The number of nitrogens with two attached hydrogens (primary N) is 1. The van der Waals surface area contributed by atoms with Gasteiger partial charge in [0.2, 0.25) is 11.8 Å². The summed E-state index contributed by atoms with van der Waals surface area (Å²) in [5, 5.41) is 24.5. The number of fused-ring (bicyclic) bond motifs is 3. The van der Waals surface area contributed by atoms with Crippen LogP contribution in [0, 0.1) is 5.41 Å². The lowest BCUT2D eigenvalue weighted by Gasteiger charge is -2.25. The molecule has 2 atom stereocenters. The first-order valence-corrected chi connectivity index (χ1v) is 14.7. The van der Waals surface area contributed by atoms with Crippen LogP contribution in [0.15, 0.2) is 53.9 Å². The predicted octanol–water partition coefficient (Wildman–Crippen LogP) is 2.08. The SMILES string of the molecule is N=C(N)c1csc(C(CO)NC(=O)[C@@H]2CC3(CN2C(=O)CNC(=O)c2ccc4c(c2)-c2ccccc2C4(F)F)OCCO3)c1. The first-order chi connectivity index (χ1) is 21.0. The number of benzene rings is 2. The molecule has 14 heteroatoms. The molecule has 1 unspecified atom stereocenters. The molecule has 11 nitrogen and oxygen atoms in total. The second kappa shape index (κ2) is 11.4. The van der Waals surface area contributed by atoms with Gasteiger partial charge in [-0.3, -0.25) is 19.8 Å². The van der Waals surface area contributed by atoms with Crippen molar-refractivity contribution in [2.24, 2.45) is 5.73 Å². The Bertz CT molecular complexity index is 1660. The van der Waals surface area contributed by atoms with Crippen LogP contribution in [-0.4, -0.2) is 78.3 Å². The number of carbonyl (C=O) groups excluding carboxylic acids is 3. The number of likely N-dealkylation sites (tertiary alicyclic amines) is 1. The maximum atomic E-state index is 14.9. The Morgan fingerprint density at radius 2 is 1.82 bits per heavy atom. The van der Waals surface area contributed by atoms with Crippen molar-refractivity contribution >= 4 is 34.9 Å². The molecule has 1 aromatic heterocycles. The number of nitrogens with zero attached hydrogens (tertiary/aromatic N) is 1. The molecule has 6 rings (SSSR count). The van der Waals surface area contributed by atoms with Gasteiger partial charge in [0.1, 0.15) is 11.9 Å². The molecule has 2 fully saturated rings. The highest BCUT2D eigenvalue weighted by molar-refractivity contribution is 7.10. The van der Waals surface area contributed by atoms with Crippen molar-refractivity contribution in [2.45, 2.75) is 30.2 Å². The molecular weight excluding hydrogens is 596 g/mol. The third-order valence-electron chi connectivity index (χ3n) is 8.08. The van der Waals surface area contributed by atoms with E-state index in [2.05, 4.69) is 10.6 Å². The van der Waals surface area contributed by atoms with Crippen molar-refractivity contribution in [2.75, 3.05) is 32.9 Å². The Balaban J connectivity index is 1.16. The number of amides is 3. The zero-order chi connectivity index (χ0) is 31.2. The summed E-state index contributed by atoms with van der Waals surface area (Å²) in [6.45, 7) is -0.387. The lowest BCUT2D eigenvalue weighted by molar-refractivity contribution is -0.152. The zero-order valence-corrected chi connectivity index (χ0v) is 24.1. The van der Waals surface area contributed by atoms with Crippen molar-refractivity contribution < 1.29 is 37.7 Å². The number of thiophene rings is 1. The van der Waals surface area contributed by atoms with Gasteiger partial charge in [-0.25, -0.2) is 0 Å². The summed E-state index contributed by atoms with van der Waals surface area (Å²) in [6.07, 6.45) is 0.0399. The number of nitrogen functional groups attached to an aromatic ring is 1. The van der Waals surface area contributed by atoms with Crippen molar-refractivity contribution in [3.05, 3.63) is 81.0 Å². The third kappa shape index (κ3) is 5.23. The van der Waals surface area contributed by atoms with E-state index in [1.54, 1.807) is 23.6 Å². The minimum Gasteiger partial charge on any atom is -0.394 e. The fourth-order valence-electron chi connectivity index (χ4n) is 5.87. The van der Waals surface area contributed by atoms with Gasteiger partial charge in [-0.2, -0.15) is 8.78 Å². The van der Waals surface area contributed by atoms with E-state index in [1.807, 2.05) is 0 Å². The highest BCUT2D eigenvalue weighted by atomic mass is 32.1. The first-order valence-electron chi connectivity index (χ1n) is 13.8. The maximum Gasteiger partial charge on any atom is 0.299 e. The maximum absolute atomic E-state index is 14.9. The number of hydrogen-bond acceptors (Lipinski definition) is 8. The van der Waals surface area contributed by atoms with Gasteiger partial charge in [0.05, 0.1) is 39.0 Å². The monoisotopic (exact) mass is 625 g/mol. The van der Waals surface area contributed by atoms with Crippen LogP contribution in [0.1, 0.15) is 44.4 Å². The topological polar surface area (TPSA) is 167 Å². The number of aliphatic hydroxyl groups is 1. The van der Waals surface area contributed by atoms with E-state index in [0.29, 0.717) is 16.0 Å². The molecule has 230 valence electrons. The second-order valence-corrected chi connectivity index (χ2v) is 11.8. The molecule has 3 aliphatic rings. The summed E-state index contributed by atoms with van der Waals surface area (Å²) in [6, 6.07) is 9.76. The van der Waals surface area contributed by atoms with Gasteiger partial charge < -0.3 is 35.8 Å². The molecule has 0 radical (unpaired) electrons. The van der Waals surface area contributed by atoms with Gasteiger partial charge in [-0.05, 0) is 29.3 Å². The normalized spacial score (nSPS) is 19.8. The van der Waals surface area contributed by atoms with Crippen LogP contribution < -0.4 is 16.4 Å². The van der Waals surface area contributed by atoms with Crippen molar-refractivity contribution in [1.29, 1.82) is 5.41 Å². The van der Waals surface area contributed by atoms with E-state index in [0.717, 1.165) is 0 Å². The fraction of sp³-hybridized carbons (Fsp3) is 0.333. The average molecular weight is 626 g/mol. The van der Waals surface area contributed by atoms with Crippen molar-refractivity contribution in [3.8, 4) is 11.1 Å². The lowest BCUT2D eigenvalue weighted by atomic mass is 10.0.